The highest BCUT2D eigenvalue weighted by atomic mass is 32.1. The molecule has 0 aliphatic rings. The molecule has 0 atom stereocenters. The summed E-state index contributed by atoms with van der Waals surface area (Å²) in [5, 5.41) is 2.66. The fourth-order valence-corrected chi connectivity index (χ4v) is 3.87. The van der Waals surface area contributed by atoms with E-state index in [4.69, 9.17) is 0 Å². The van der Waals surface area contributed by atoms with Gasteiger partial charge in [0, 0.05) is 31.4 Å². The van der Waals surface area contributed by atoms with E-state index in [2.05, 4.69) is 59.6 Å². The first-order valence-corrected chi connectivity index (χ1v) is 7.49. The molecule has 20 heavy (non-hydrogen) atoms. The van der Waals surface area contributed by atoms with Gasteiger partial charge in [-0.3, -0.25) is 4.98 Å². The van der Waals surface area contributed by atoms with Crippen molar-refractivity contribution >= 4 is 31.5 Å². The van der Waals surface area contributed by atoms with E-state index in [1.165, 1.54) is 25.7 Å². The van der Waals surface area contributed by atoms with Crippen molar-refractivity contribution in [2.24, 2.45) is 0 Å². The third kappa shape index (κ3) is 1.73. The Morgan fingerprint density at radius 2 is 1.60 bits per heavy atom. The van der Waals surface area contributed by atoms with E-state index in [0.717, 1.165) is 11.4 Å². The van der Waals surface area contributed by atoms with Crippen LogP contribution in [-0.4, -0.2) is 4.98 Å². The van der Waals surface area contributed by atoms with Crippen LogP contribution in [0.5, 0.6) is 0 Å². The van der Waals surface area contributed by atoms with Crippen LogP contribution in [0.25, 0.3) is 31.4 Å². The topological polar surface area (TPSA) is 12.9 Å². The number of thiophene rings is 1. The summed E-state index contributed by atoms with van der Waals surface area (Å²) >= 11 is 1.85. The van der Waals surface area contributed by atoms with Crippen molar-refractivity contribution < 1.29 is 0 Å². The lowest BCUT2D eigenvalue weighted by Gasteiger charge is -2.03. The van der Waals surface area contributed by atoms with Crippen LogP contribution in [-0.2, 0) is 0 Å². The molecule has 4 aromatic rings. The first kappa shape index (κ1) is 11.6. The molecule has 0 fully saturated rings. The Morgan fingerprint density at radius 3 is 2.50 bits per heavy atom. The van der Waals surface area contributed by atoms with Gasteiger partial charge in [-0.25, -0.2) is 0 Å². The first-order valence-electron chi connectivity index (χ1n) is 6.67. The molecule has 0 unspecified atom stereocenters. The summed E-state index contributed by atoms with van der Waals surface area (Å²) in [7, 11) is 0. The molecule has 0 saturated carbocycles. The zero-order valence-electron chi connectivity index (χ0n) is 11.1. The van der Waals surface area contributed by atoms with Crippen molar-refractivity contribution in [2.45, 2.75) is 6.92 Å². The SMILES string of the molecule is Cc1cccc(-c2cccc3c2sc2ccccc23)n1. The minimum atomic E-state index is 1.06. The van der Waals surface area contributed by atoms with Crippen LogP contribution in [0.3, 0.4) is 0 Å². The van der Waals surface area contributed by atoms with Crippen LogP contribution in [0, 0.1) is 6.92 Å². The monoisotopic (exact) mass is 275 g/mol. The van der Waals surface area contributed by atoms with E-state index in [0.29, 0.717) is 0 Å². The molecule has 0 N–H and O–H groups in total. The highest BCUT2D eigenvalue weighted by molar-refractivity contribution is 7.26. The number of hydrogen-bond donors (Lipinski definition) is 0. The molecule has 2 heterocycles. The van der Waals surface area contributed by atoms with Crippen LogP contribution < -0.4 is 0 Å². The van der Waals surface area contributed by atoms with E-state index in [-0.39, 0.29) is 0 Å². The fourth-order valence-electron chi connectivity index (χ4n) is 2.64. The molecule has 0 spiro atoms. The van der Waals surface area contributed by atoms with Gasteiger partial charge in [-0.1, -0.05) is 42.5 Å². The van der Waals surface area contributed by atoms with Crippen LogP contribution in [0.4, 0.5) is 0 Å². The molecular weight excluding hydrogens is 262 g/mol. The third-order valence-electron chi connectivity index (χ3n) is 3.57. The maximum atomic E-state index is 4.67. The Hall–Kier alpha value is -2.19. The van der Waals surface area contributed by atoms with Crippen LogP contribution in [0.15, 0.2) is 60.7 Å². The Labute approximate surface area is 121 Å². The molecule has 2 aromatic heterocycles. The zero-order chi connectivity index (χ0) is 13.5. The number of pyridine rings is 1. The predicted molar refractivity (Wildman–Crippen MR) is 87.3 cm³/mol. The number of rotatable bonds is 1. The lowest BCUT2D eigenvalue weighted by atomic mass is 10.1. The number of hydrogen-bond acceptors (Lipinski definition) is 2. The van der Waals surface area contributed by atoms with Gasteiger partial charge in [-0.15, -0.1) is 11.3 Å². The van der Waals surface area contributed by atoms with E-state index in [9.17, 15) is 0 Å². The van der Waals surface area contributed by atoms with Gasteiger partial charge in [-0.05, 0) is 25.1 Å². The molecule has 0 aliphatic heterocycles. The van der Waals surface area contributed by atoms with E-state index < -0.39 is 0 Å². The number of aryl methyl sites for hydroxylation is 1. The van der Waals surface area contributed by atoms with Gasteiger partial charge in [0.05, 0.1) is 5.69 Å². The van der Waals surface area contributed by atoms with E-state index in [1.807, 2.05) is 24.3 Å². The summed E-state index contributed by atoms with van der Waals surface area (Å²) < 4.78 is 2.66. The number of fused-ring (bicyclic) bond motifs is 3. The lowest BCUT2D eigenvalue weighted by Crippen LogP contribution is -1.85. The first-order chi connectivity index (χ1) is 9.83. The molecule has 0 bridgehead atoms. The number of nitrogens with zero attached hydrogens (tertiary/aromatic N) is 1. The number of aromatic nitrogens is 1. The Bertz CT molecular complexity index is 921. The van der Waals surface area contributed by atoms with Crippen molar-refractivity contribution in [3.05, 3.63) is 66.4 Å². The number of benzene rings is 2. The molecule has 2 aromatic carbocycles. The molecule has 0 aliphatic carbocycles. The van der Waals surface area contributed by atoms with E-state index in [1.54, 1.807) is 0 Å². The quantitative estimate of drug-likeness (QED) is 0.451. The van der Waals surface area contributed by atoms with Crippen molar-refractivity contribution in [2.75, 3.05) is 0 Å². The van der Waals surface area contributed by atoms with Gasteiger partial charge in [-0.2, -0.15) is 0 Å². The van der Waals surface area contributed by atoms with Crippen LogP contribution in [0.1, 0.15) is 5.69 Å². The van der Waals surface area contributed by atoms with Gasteiger partial charge in [0.25, 0.3) is 0 Å². The molecule has 0 saturated heterocycles. The van der Waals surface area contributed by atoms with Crippen molar-refractivity contribution in [3.63, 3.8) is 0 Å². The highest BCUT2D eigenvalue weighted by Gasteiger charge is 2.10. The second-order valence-corrected chi connectivity index (χ2v) is 6.00. The average molecular weight is 275 g/mol. The lowest BCUT2D eigenvalue weighted by molar-refractivity contribution is 1.21. The Kier molecular flexibility index (Phi) is 2.57. The Balaban J connectivity index is 2.10. The Morgan fingerprint density at radius 1 is 0.800 bits per heavy atom. The van der Waals surface area contributed by atoms with E-state index >= 15 is 0 Å². The van der Waals surface area contributed by atoms with Crippen molar-refractivity contribution in [1.82, 2.24) is 4.98 Å². The minimum absolute atomic E-state index is 1.06. The molecule has 0 amide bonds. The maximum Gasteiger partial charge on any atom is 0.0719 e. The largest absolute Gasteiger partial charge is 0.253 e. The van der Waals surface area contributed by atoms with Crippen molar-refractivity contribution in [3.8, 4) is 11.3 Å². The average Bonchev–Trinajstić information content (AvgIpc) is 2.86. The summed E-state index contributed by atoms with van der Waals surface area (Å²) in [5.41, 5.74) is 3.34. The van der Waals surface area contributed by atoms with Gasteiger partial charge in [0.1, 0.15) is 0 Å². The summed E-state index contributed by atoms with van der Waals surface area (Å²) in [6, 6.07) is 21.3. The highest BCUT2D eigenvalue weighted by Crippen LogP contribution is 2.39. The summed E-state index contributed by atoms with van der Waals surface area (Å²) in [5.74, 6) is 0. The zero-order valence-corrected chi connectivity index (χ0v) is 11.9. The molecule has 4 rings (SSSR count). The summed E-state index contributed by atoms with van der Waals surface area (Å²) in [6.07, 6.45) is 0. The summed E-state index contributed by atoms with van der Waals surface area (Å²) in [6.45, 7) is 2.04. The predicted octanol–water partition coefficient (Wildman–Crippen LogP) is 5.42. The molecule has 2 heteroatoms. The van der Waals surface area contributed by atoms with Gasteiger partial charge in [0.2, 0.25) is 0 Å². The second-order valence-electron chi connectivity index (χ2n) is 4.94. The second kappa shape index (κ2) is 4.43. The van der Waals surface area contributed by atoms with Crippen molar-refractivity contribution in [1.29, 1.82) is 0 Å². The fraction of sp³-hybridized carbons (Fsp3) is 0.0556. The summed E-state index contributed by atoms with van der Waals surface area (Å²) in [4.78, 5) is 4.67. The molecule has 0 radical (unpaired) electrons. The third-order valence-corrected chi connectivity index (χ3v) is 4.79. The standard InChI is InChI=1S/C18H13NS/c1-12-6-4-10-16(19-12)15-9-5-8-14-13-7-2-3-11-17(13)20-18(14)15/h2-11H,1H3. The maximum absolute atomic E-state index is 4.67. The minimum Gasteiger partial charge on any atom is -0.253 e. The van der Waals surface area contributed by atoms with Gasteiger partial charge in [0.15, 0.2) is 0 Å². The van der Waals surface area contributed by atoms with Crippen LogP contribution >= 0.6 is 11.3 Å². The molecular formula is C18H13NS. The molecule has 1 nitrogen and oxygen atoms in total. The van der Waals surface area contributed by atoms with Gasteiger partial charge >= 0.3 is 0 Å². The van der Waals surface area contributed by atoms with Crippen LogP contribution in [0.2, 0.25) is 0 Å². The normalized spacial score (nSPS) is 11.2. The molecule has 96 valence electrons. The van der Waals surface area contributed by atoms with Gasteiger partial charge < -0.3 is 0 Å². The smallest absolute Gasteiger partial charge is 0.0719 e.